The lowest BCUT2D eigenvalue weighted by Gasteiger charge is -2.12. The fourth-order valence-electron chi connectivity index (χ4n) is 1.79. The van der Waals surface area contributed by atoms with E-state index >= 15 is 0 Å². The van der Waals surface area contributed by atoms with E-state index < -0.39 is 6.55 Å². The van der Waals surface area contributed by atoms with Crippen LogP contribution in [0.5, 0.6) is 0 Å². The summed E-state index contributed by atoms with van der Waals surface area (Å²) in [7, 11) is 3.45. The first kappa shape index (κ1) is 18.3. The largest absolute Gasteiger partial charge is 0.351 e. The summed E-state index contributed by atoms with van der Waals surface area (Å²) in [4.78, 5) is 7.92. The molecule has 2 N–H and O–H groups in total. The van der Waals surface area contributed by atoms with Gasteiger partial charge in [0.15, 0.2) is 5.96 Å². The zero-order chi connectivity index (χ0) is 15.2. The van der Waals surface area contributed by atoms with Crippen LogP contribution in [0.4, 0.5) is 8.78 Å². The van der Waals surface area contributed by atoms with E-state index in [-0.39, 0.29) is 36.3 Å². The van der Waals surface area contributed by atoms with E-state index in [2.05, 4.69) is 25.7 Å². The van der Waals surface area contributed by atoms with Crippen molar-refractivity contribution in [2.75, 3.05) is 7.05 Å². The summed E-state index contributed by atoms with van der Waals surface area (Å²) in [6, 6.07) is 1.88. The third kappa shape index (κ3) is 4.64. The third-order valence-corrected chi connectivity index (χ3v) is 2.96. The number of aromatic nitrogens is 4. The van der Waals surface area contributed by atoms with Gasteiger partial charge in [0.25, 0.3) is 0 Å². The second kappa shape index (κ2) is 8.66. The predicted molar refractivity (Wildman–Crippen MR) is 89.1 cm³/mol. The van der Waals surface area contributed by atoms with Gasteiger partial charge in [-0.1, -0.05) is 0 Å². The van der Waals surface area contributed by atoms with Gasteiger partial charge in [0, 0.05) is 32.7 Å². The van der Waals surface area contributed by atoms with Gasteiger partial charge in [-0.3, -0.25) is 14.2 Å². The van der Waals surface area contributed by atoms with E-state index in [9.17, 15) is 8.78 Å². The third-order valence-electron chi connectivity index (χ3n) is 2.96. The van der Waals surface area contributed by atoms with E-state index in [4.69, 9.17) is 0 Å². The van der Waals surface area contributed by atoms with E-state index in [0.29, 0.717) is 12.5 Å². The maximum Gasteiger partial charge on any atom is 0.319 e. The standard InChI is InChI=1S/C12H17F2N7.HI/c1-15-12(17-7-9-3-4-19-20(9)2)18-8-10-16-5-6-21(10)11(13)14;/h3-6,11H,7-8H2,1-2H3,(H2,15,17,18);1H. The van der Waals surface area contributed by atoms with Crippen LogP contribution in [0, 0.1) is 0 Å². The van der Waals surface area contributed by atoms with Crippen LogP contribution in [-0.4, -0.2) is 32.3 Å². The van der Waals surface area contributed by atoms with Crippen molar-refractivity contribution >= 4 is 29.9 Å². The molecule has 2 heterocycles. The Morgan fingerprint density at radius 2 is 2.05 bits per heavy atom. The van der Waals surface area contributed by atoms with Crippen molar-refractivity contribution in [2.24, 2.45) is 12.0 Å². The molecule has 0 radical (unpaired) electrons. The van der Waals surface area contributed by atoms with Crippen LogP contribution in [-0.2, 0) is 20.1 Å². The molecule has 0 atom stereocenters. The summed E-state index contributed by atoms with van der Waals surface area (Å²) >= 11 is 0. The molecule has 2 aromatic rings. The van der Waals surface area contributed by atoms with Crippen LogP contribution in [0.2, 0.25) is 0 Å². The number of halogens is 3. The smallest absolute Gasteiger partial charge is 0.319 e. The normalized spacial score (nSPS) is 11.4. The van der Waals surface area contributed by atoms with Gasteiger partial charge in [-0.15, -0.1) is 24.0 Å². The predicted octanol–water partition coefficient (Wildman–Crippen LogP) is 1.49. The average molecular weight is 425 g/mol. The molecule has 0 spiro atoms. The number of hydrogen-bond donors (Lipinski definition) is 2. The van der Waals surface area contributed by atoms with Crippen LogP contribution in [0.3, 0.4) is 0 Å². The summed E-state index contributed by atoms with van der Waals surface area (Å²) in [5, 5.41) is 10.1. The van der Waals surface area contributed by atoms with E-state index in [1.807, 2.05) is 13.1 Å². The van der Waals surface area contributed by atoms with Crippen molar-refractivity contribution < 1.29 is 8.78 Å². The van der Waals surface area contributed by atoms with E-state index in [1.165, 1.54) is 12.4 Å². The lowest BCUT2D eigenvalue weighted by atomic mass is 10.4. The number of nitrogens with zero attached hydrogens (tertiary/aromatic N) is 5. The van der Waals surface area contributed by atoms with Crippen LogP contribution < -0.4 is 10.6 Å². The zero-order valence-electron chi connectivity index (χ0n) is 12.2. The molecule has 0 aliphatic heterocycles. The Morgan fingerprint density at radius 1 is 1.32 bits per heavy atom. The SMILES string of the molecule is CN=C(NCc1nccn1C(F)F)NCc1ccnn1C.I. The summed E-state index contributed by atoms with van der Waals surface area (Å²) in [6.07, 6.45) is 4.29. The Bertz CT molecular complexity index is 608. The lowest BCUT2D eigenvalue weighted by molar-refractivity contribution is 0.0668. The maximum absolute atomic E-state index is 12.7. The van der Waals surface area contributed by atoms with Gasteiger partial charge in [0.05, 0.1) is 18.8 Å². The van der Waals surface area contributed by atoms with Crippen LogP contribution in [0.25, 0.3) is 0 Å². The summed E-state index contributed by atoms with van der Waals surface area (Å²) in [6.45, 7) is -1.92. The van der Waals surface area contributed by atoms with E-state index in [1.54, 1.807) is 17.9 Å². The molecule has 0 amide bonds. The molecule has 10 heteroatoms. The molecule has 22 heavy (non-hydrogen) atoms. The minimum absolute atomic E-state index is 0. The fraction of sp³-hybridized carbons (Fsp3) is 0.417. The summed E-state index contributed by atoms with van der Waals surface area (Å²) in [5.74, 6) is 0.744. The molecule has 0 aliphatic rings. The maximum atomic E-state index is 12.7. The molecular weight excluding hydrogens is 407 g/mol. The molecule has 7 nitrogen and oxygen atoms in total. The molecule has 0 unspecified atom stereocenters. The van der Waals surface area contributed by atoms with Gasteiger partial charge in [-0.05, 0) is 6.07 Å². The average Bonchev–Trinajstić information content (AvgIpc) is 3.08. The van der Waals surface area contributed by atoms with Gasteiger partial charge >= 0.3 is 6.55 Å². The Kier molecular flexibility index (Phi) is 7.21. The number of nitrogens with one attached hydrogen (secondary N) is 2. The van der Waals surface area contributed by atoms with Crippen molar-refractivity contribution in [3.8, 4) is 0 Å². The summed E-state index contributed by atoms with van der Waals surface area (Å²) in [5.41, 5.74) is 0.979. The Labute approximate surface area is 143 Å². The van der Waals surface area contributed by atoms with Gasteiger partial charge < -0.3 is 10.6 Å². The molecule has 2 aromatic heterocycles. The van der Waals surface area contributed by atoms with Gasteiger partial charge in [0.2, 0.25) is 0 Å². The number of alkyl halides is 2. The first-order chi connectivity index (χ1) is 10.1. The highest BCUT2D eigenvalue weighted by atomic mass is 127. The van der Waals surface area contributed by atoms with Crippen molar-refractivity contribution in [2.45, 2.75) is 19.6 Å². The molecule has 0 aliphatic carbocycles. The topological polar surface area (TPSA) is 72.1 Å². The fourth-order valence-corrected chi connectivity index (χ4v) is 1.79. The number of aryl methyl sites for hydroxylation is 1. The Balaban J connectivity index is 0.00000242. The molecule has 2 rings (SSSR count). The minimum Gasteiger partial charge on any atom is -0.351 e. The Morgan fingerprint density at radius 3 is 2.64 bits per heavy atom. The van der Waals surface area contributed by atoms with Crippen molar-refractivity contribution in [3.63, 3.8) is 0 Å². The number of aliphatic imine (C=N–C) groups is 1. The van der Waals surface area contributed by atoms with Gasteiger partial charge in [-0.2, -0.15) is 13.9 Å². The molecule has 0 fully saturated rings. The van der Waals surface area contributed by atoms with Gasteiger partial charge in [0.1, 0.15) is 5.82 Å². The van der Waals surface area contributed by atoms with Crippen LogP contribution >= 0.6 is 24.0 Å². The lowest BCUT2D eigenvalue weighted by Crippen LogP contribution is -2.37. The van der Waals surface area contributed by atoms with Crippen LogP contribution in [0.15, 0.2) is 29.6 Å². The molecule has 0 aromatic carbocycles. The van der Waals surface area contributed by atoms with Crippen molar-refractivity contribution in [1.82, 2.24) is 30.0 Å². The van der Waals surface area contributed by atoms with Crippen molar-refractivity contribution in [1.29, 1.82) is 0 Å². The molecule has 0 saturated heterocycles. The highest BCUT2D eigenvalue weighted by Gasteiger charge is 2.11. The number of imidazole rings is 1. The molecule has 0 saturated carbocycles. The quantitative estimate of drug-likeness (QED) is 0.433. The second-order valence-electron chi connectivity index (χ2n) is 4.25. The number of guanidine groups is 1. The molecule has 0 bridgehead atoms. The van der Waals surface area contributed by atoms with Crippen molar-refractivity contribution in [3.05, 3.63) is 36.2 Å². The number of hydrogen-bond acceptors (Lipinski definition) is 3. The minimum atomic E-state index is -2.60. The first-order valence-corrected chi connectivity index (χ1v) is 6.33. The molecular formula is C12H18F2IN7. The highest BCUT2D eigenvalue weighted by molar-refractivity contribution is 14.0. The van der Waals surface area contributed by atoms with Crippen LogP contribution in [0.1, 0.15) is 18.1 Å². The summed E-state index contributed by atoms with van der Waals surface area (Å²) < 4.78 is 27.9. The number of rotatable bonds is 5. The van der Waals surface area contributed by atoms with E-state index in [0.717, 1.165) is 10.3 Å². The highest BCUT2D eigenvalue weighted by Crippen LogP contribution is 2.11. The first-order valence-electron chi connectivity index (χ1n) is 6.33. The zero-order valence-corrected chi connectivity index (χ0v) is 14.5. The molecule has 122 valence electrons. The van der Waals surface area contributed by atoms with Gasteiger partial charge in [-0.25, -0.2) is 4.98 Å². The monoisotopic (exact) mass is 425 g/mol. The second-order valence-corrected chi connectivity index (χ2v) is 4.25. The Hall–Kier alpha value is -1.72.